The van der Waals surface area contributed by atoms with Gasteiger partial charge in [-0.3, -0.25) is 0 Å². The first-order chi connectivity index (χ1) is 8.86. The topological polar surface area (TPSA) is 30.5 Å². The van der Waals surface area contributed by atoms with E-state index in [-0.39, 0.29) is 0 Å². The smallest absolute Gasteiger partial charge is 0.161 e. The molecule has 3 heteroatoms. The third kappa shape index (κ3) is 2.61. The van der Waals surface area contributed by atoms with E-state index < -0.39 is 0 Å². The molecule has 1 aliphatic heterocycles. The molecule has 0 saturated heterocycles. The van der Waals surface area contributed by atoms with Crippen LogP contribution in [-0.2, 0) is 6.54 Å². The lowest BCUT2D eigenvalue weighted by Crippen LogP contribution is -2.17. The molecular formula is C15H21NO2. The zero-order chi connectivity index (χ0) is 12.4. The van der Waals surface area contributed by atoms with Crippen LogP contribution in [0.25, 0.3) is 0 Å². The summed E-state index contributed by atoms with van der Waals surface area (Å²) in [5, 5.41) is 3.60. The van der Waals surface area contributed by atoms with Gasteiger partial charge in [0.05, 0.1) is 13.2 Å². The lowest BCUT2D eigenvalue weighted by Gasteiger charge is -2.10. The maximum atomic E-state index is 5.70. The van der Waals surface area contributed by atoms with Gasteiger partial charge in [0, 0.05) is 19.0 Å². The normalized spacial score (nSPS) is 25.6. The monoisotopic (exact) mass is 247 g/mol. The van der Waals surface area contributed by atoms with Crippen LogP contribution in [0.3, 0.4) is 0 Å². The zero-order valence-corrected chi connectivity index (χ0v) is 10.9. The molecule has 1 aromatic carbocycles. The minimum absolute atomic E-state index is 0.728. The van der Waals surface area contributed by atoms with Crippen LogP contribution < -0.4 is 14.8 Å². The second kappa shape index (κ2) is 5.19. The molecule has 18 heavy (non-hydrogen) atoms. The molecule has 0 bridgehead atoms. The number of hydrogen-bond donors (Lipinski definition) is 1. The maximum Gasteiger partial charge on any atom is 0.161 e. The predicted molar refractivity (Wildman–Crippen MR) is 71.1 cm³/mol. The molecule has 1 N–H and O–H groups in total. The summed E-state index contributed by atoms with van der Waals surface area (Å²) in [6.07, 6.45) is 3.59. The molecule has 2 aliphatic rings. The molecule has 2 unspecified atom stereocenters. The average molecular weight is 247 g/mol. The minimum atomic E-state index is 0.728. The van der Waals surface area contributed by atoms with Crippen molar-refractivity contribution in [2.75, 3.05) is 13.2 Å². The summed E-state index contributed by atoms with van der Waals surface area (Å²) < 4.78 is 11.3. The number of nitrogens with one attached hydrogen (secondary N) is 1. The molecular weight excluding hydrogens is 226 g/mol. The van der Waals surface area contributed by atoms with Crippen molar-refractivity contribution in [3.63, 3.8) is 0 Å². The van der Waals surface area contributed by atoms with Gasteiger partial charge in [0.25, 0.3) is 0 Å². The lowest BCUT2D eigenvalue weighted by atomic mass is 10.2. The minimum Gasteiger partial charge on any atom is -0.490 e. The van der Waals surface area contributed by atoms with E-state index in [1.807, 2.05) is 6.07 Å². The van der Waals surface area contributed by atoms with Crippen molar-refractivity contribution in [3.8, 4) is 11.5 Å². The van der Waals surface area contributed by atoms with Gasteiger partial charge in [0.15, 0.2) is 11.5 Å². The Hall–Kier alpha value is -1.22. The van der Waals surface area contributed by atoms with Crippen LogP contribution in [-0.4, -0.2) is 19.3 Å². The summed E-state index contributed by atoms with van der Waals surface area (Å²) >= 11 is 0. The molecule has 0 radical (unpaired) electrons. The van der Waals surface area contributed by atoms with Gasteiger partial charge < -0.3 is 14.8 Å². The van der Waals surface area contributed by atoms with Gasteiger partial charge in [0.2, 0.25) is 0 Å². The van der Waals surface area contributed by atoms with E-state index in [0.717, 1.165) is 49.6 Å². The van der Waals surface area contributed by atoms with E-state index in [4.69, 9.17) is 9.47 Å². The Balaban J connectivity index is 1.61. The highest BCUT2D eigenvalue weighted by molar-refractivity contribution is 5.43. The molecule has 0 spiro atoms. The van der Waals surface area contributed by atoms with E-state index in [0.29, 0.717) is 0 Å². The fourth-order valence-corrected chi connectivity index (χ4v) is 2.52. The highest BCUT2D eigenvalue weighted by atomic mass is 16.5. The van der Waals surface area contributed by atoms with Crippen LogP contribution >= 0.6 is 0 Å². The van der Waals surface area contributed by atoms with Crippen LogP contribution in [0, 0.1) is 5.92 Å². The first-order valence-electron chi connectivity index (χ1n) is 6.98. The third-order valence-corrected chi connectivity index (χ3v) is 3.83. The first kappa shape index (κ1) is 11.8. The van der Waals surface area contributed by atoms with Crippen molar-refractivity contribution in [1.82, 2.24) is 5.32 Å². The standard InChI is InChI=1S/C15H21NO2/c1-2-12-9-13(12)16-10-11-4-5-14-15(8-11)18-7-3-6-17-14/h4-5,8,12-13,16H,2-3,6-7,9-10H2,1H3. The van der Waals surface area contributed by atoms with Gasteiger partial charge in [-0.1, -0.05) is 19.4 Å². The van der Waals surface area contributed by atoms with E-state index >= 15 is 0 Å². The second-order valence-corrected chi connectivity index (χ2v) is 5.22. The van der Waals surface area contributed by atoms with E-state index in [1.165, 1.54) is 18.4 Å². The van der Waals surface area contributed by atoms with E-state index in [9.17, 15) is 0 Å². The van der Waals surface area contributed by atoms with Gasteiger partial charge in [-0.2, -0.15) is 0 Å². The summed E-state index contributed by atoms with van der Waals surface area (Å²) in [5.41, 5.74) is 1.28. The highest BCUT2D eigenvalue weighted by Crippen LogP contribution is 2.34. The molecule has 1 aromatic rings. The highest BCUT2D eigenvalue weighted by Gasteiger charge is 2.34. The third-order valence-electron chi connectivity index (χ3n) is 3.83. The largest absolute Gasteiger partial charge is 0.490 e. The summed E-state index contributed by atoms with van der Waals surface area (Å²) in [5.74, 6) is 2.68. The molecule has 3 nitrogen and oxygen atoms in total. The fourth-order valence-electron chi connectivity index (χ4n) is 2.52. The van der Waals surface area contributed by atoms with Crippen molar-refractivity contribution in [1.29, 1.82) is 0 Å². The van der Waals surface area contributed by atoms with Crippen molar-refractivity contribution in [3.05, 3.63) is 23.8 Å². The summed E-state index contributed by atoms with van der Waals surface area (Å²) in [6.45, 7) is 4.70. The van der Waals surface area contributed by atoms with Crippen LogP contribution in [0.15, 0.2) is 18.2 Å². The maximum absolute atomic E-state index is 5.70. The van der Waals surface area contributed by atoms with E-state index in [1.54, 1.807) is 0 Å². The number of fused-ring (bicyclic) bond motifs is 1. The summed E-state index contributed by atoms with van der Waals surface area (Å²) in [7, 11) is 0. The molecule has 98 valence electrons. The van der Waals surface area contributed by atoms with Crippen LogP contribution in [0.4, 0.5) is 0 Å². The molecule has 3 rings (SSSR count). The molecule has 0 aromatic heterocycles. The first-order valence-corrected chi connectivity index (χ1v) is 6.98. The summed E-state index contributed by atoms with van der Waals surface area (Å²) in [6, 6.07) is 6.99. The quantitative estimate of drug-likeness (QED) is 0.887. The Morgan fingerprint density at radius 3 is 2.83 bits per heavy atom. The van der Waals surface area contributed by atoms with Gasteiger partial charge in [-0.05, 0) is 30.0 Å². The van der Waals surface area contributed by atoms with Gasteiger partial charge in [-0.25, -0.2) is 0 Å². The van der Waals surface area contributed by atoms with Gasteiger partial charge in [0.1, 0.15) is 0 Å². The molecule has 1 saturated carbocycles. The van der Waals surface area contributed by atoms with Crippen molar-refractivity contribution in [2.24, 2.45) is 5.92 Å². The second-order valence-electron chi connectivity index (χ2n) is 5.22. The number of rotatable bonds is 4. The van der Waals surface area contributed by atoms with Crippen LogP contribution in [0.5, 0.6) is 11.5 Å². The van der Waals surface area contributed by atoms with Crippen molar-refractivity contribution < 1.29 is 9.47 Å². The Bertz CT molecular complexity index is 419. The Labute approximate surface area is 108 Å². The number of benzene rings is 1. The SMILES string of the molecule is CCC1CC1NCc1ccc2c(c1)OCCCO2. The Morgan fingerprint density at radius 2 is 2.06 bits per heavy atom. The molecule has 2 atom stereocenters. The van der Waals surface area contributed by atoms with Crippen LogP contribution in [0.1, 0.15) is 31.7 Å². The van der Waals surface area contributed by atoms with Gasteiger partial charge in [-0.15, -0.1) is 0 Å². The average Bonchev–Trinajstić information content (AvgIpc) is 3.18. The zero-order valence-electron chi connectivity index (χ0n) is 10.9. The predicted octanol–water partition coefficient (Wildman–Crippen LogP) is 2.74. The van der Waals surface area contributed by atoms with Crippen molar-refractivity contribution >= 4 is 0 Å². The molecule has 1 aliphatic carbocycles. The van der Waals surface area contributed by atoms with Crippen LogP contribution in [0.2, 0.25) is 0 Å². The molecule has 1 heterocycles. The Morgan fingerprint density at radius 1 is 1.22 bits per heavy atom. The van der Waals surface area contributed by atoms with Crippen molar-refractivity contribution in [2.45, 2.75) is 38.8 Å². The van der Waals surface area contributed by atoms with Gasteiger partial charge >= 0.3 is 0 Å². The number of hydrogen-bond acceptors (Lipinski definition) is 3. The molecule has 0 amide bonds. The van der Waals surface area contributed by atoms with E-state index in [2.05, 4.69) is 24.4 Å². The summed E-state index contributed by atoms with van der Waals surface area (Å²) in [4.78, 5) is 0. The Kier molecular flexibility index (Phi) is 3.41. The lowest BCUT2D eigenvalue weighted by molar-refractivity contribution is 0.297. The number of ether oxygens (including phenoxy) is 2. The fraction of sp³-hybridized carbons (Fsp3) is 0.600. The molecule has 1 fully saturated rings.